The summed E-state index contributed by atoms with van der Waals surface area (Å²) in [6, 6.07) is 8.84. The maximum absolute atomic E-state index is 12.8. The number of benzene rings is 1. The highest BCUT2D eigenvalue weighted by molar-refractivity contribution is 6.00. The van der Waals surface area contributed by atoms with Gasteiger partial charge in [0.2, 0.25) is 5.91 Å². The van der Waals surface area contributed by atoms with Gasteiger partial charge in [0, 0.05) is 18.7 Å². The van der Waals surface area contributed by atoms with Gasteiger partial charge in [-0.3, -0.25) is 14.4 Å². The standard InChI is InChI=1S/C17H22N2O4/c1-3-18(12-14(20)21)16(23)17(2)10-7-11-19(17)15(22)13-8-5-4-6-9-13/h4-6,8-9H,3,7,10-12H2,1-2H3,(H,20,21). The molecule has 2 amide bonds. The van der Waals surface area contributed by atoms with Crippen molar-refractivity contribution in [2.24, 2.45) is 0 Å². The van der Waals surface area contributed by atoms with E-state index in [9.17, 15) is 14.4 Å². The number of carbonyl (C=O) groups is 3. The topological polar surface area (TPSA) is 77.9 Å². The molecule has 0 bridgehead atoms. The highest BCUT2D eigenvalue weighted by Gasteiger charge is 2.47. The summed E-state index contributed by atoms with van der Waals surface area (Å²) in [4.78, 5) is 39.4. The third kappa shape index (κ3) is 3.36. The summed E-state index contributed by atoms with van der Waals surface area (Å²) in [5.74, 6) is -1.54. The van der Waals surface area contributed by atoms with Crippen molar-refractivity contribution in [1.29, 1.82) is 0 Å². The van der Waals surface area contributed by atoms with Crippen LogP contribution in [0.2, 0.25) is 0 Å². The largest absolute Gasteiger partial charge is 0.480 e. The van der Waals surface area contributed by atoms with Crippen molar-refractivity contribution < 1.29 is 19.5 Å². The predicted octanol–water partition coefficient (Wildman–Crippen LogP) is 1.61. The number of likely N-dealkylation sites (tertiary alicyclic amines) is 1. The predicted molar refractivity (Wildman–Crippen MR) is 85.0 cm³/mol. The molecule has 0 spiro atoms. The fourth-order valence-electron chi connectivity index (χ4n) is 3.08. The average Bonchev–Trinajstić information content (AvgIpc) is 2.95. The highest BCUT2D eigenvalue weighted by Crippen LogP contribution is 2.32. The van der Waals surface area contributed by atoms with Gasteiger partial charge < -0.3 is 14.9 Å². The van der Waals surface area contributed by atoms with E-state index in [0.29, 0.717) is 25.1 Å². The zero-order valence-electron chi connectivity index (χ0n) is 13.5. The van der Waals surface area contributed by atoms with Crippen molar-refractivity contribution >= 4 is 17.8 Å². The number of rotatable bonds is 5. The van der Waals surface area contributed by atoms with E-state index in [1.807, 2.05) is 6.07 Å². The first-order chi connectivity index (χ1) is 10.9. The number of likely N-dealkylation sites (N-methyl/N-ethyl adjacent to an activating group) is 1. The Labute approximate surface area is 135 Å². The van der Waals surface area contributed by atoms with Gasteiger partial charge in [-0.05, 0) is 38.8 Å². The van der Waals surface area contributed by atoms with E-state index >= 15 is 0 Å². The maximum Gasteiger partial charge on any atom is 0.323 e. The first-order valence-electron chi connectivity index (χ1n) is 7.78. The van der Waals surface area contributed by atoms with Crippen LogP contribution in [0.5, 0.6) is 0 Å². The summed E-state index contributed by atoms with van der Waals surface area (Å²) in [5, 5.41) is 8.97. The lowest BCUT2D eigenvalue weighted by Crippen LogP contribution is -2.57. The SMILES string of the molecule is CCN(CC(=O)O)C(=O)C1(C)CCCN1C(=O)c1ccccc1. The van der Waals surface area contributed by atoms with Crippen LogP contribution in [0, 0.1) is 0 Å². The summed E-state index contributed by atoms with van der Waals surface area (Å²) in [6.07, 6.45) is 1.27. The van der Waals surface area contributed by atoms with E-state index in [1.54, 1.807) is 43.0 Å². The van der Waals surface area contributed by atoms with Crippen LogP contribution in [-0.4, -0.2) is 57.9 Å². The Morgan fingerprint density at radius 3 is 2.48 bits per heavy atom. The molecule has 1 N–H and O–H groups in total. The molecule has 0 radical (unpaired) electrons. The number of carboxylic acid groups (broad SMARTS) is 1. The molecule has 6 nitrogen and oxygen atoms in total. The Kier molecular flexibility index (Phi) is 5.03. The van der Waals surface area contributed by atoms with Gasteiger partial charge in [0.05, 0.1) is 0 Å². The molecule has 1 heterocycles. The Morgan fingerprint density at radius 2 is 1.91 bits per heavy atom. The number of hydrogen-bond acceptors (Lipinski definition) is 3. The molecule has 1 saturated heterocycles. The minimum Gasteiger partial charge on any atom is -0.480 e. The zero-order chi connectivity index (χ0) is 17.0. The molecule has 1 atom stereocenters. The number of hydrogen-bond donors (Lipinski definition) is 1. The molecule has 1 fully saturated rings. The first-order valence-corrected chi connectivity index (χ1v) is 7.78. The van der Waals surface area contributed by atoms with E-state index in [0.717, 1.165) is 6.42 Å². The van der Waals surface area contributed by atoms with Gasteiger partial charge in [-0.15, -0.1) is 0 Å². The molecular formula is C17H22N2O4. The lowest BCUT2D eigenvalue weighted by molar-refractivity contribution is -0.148. The second-order valence-electron chi connectivity index (χ2n) is 5.91. The second kappa shape index (κ2) is 6.81. The van der Waals surface area contributed by atoms with Gasteiger partial charge in [0.25, 0.3) is 5.91 Å². The summed E-state index contributed by atoms with van der Waals surface area (Å²) in [7, 11) is 0. The number of amides is 2. The van der Waals surface area contributed by atoms with E-state index in [2.05, 4.69) is 0 Å². The highest BCUT2D eigenvalue weighted by atomic mass is 16.4. The van der Waals surface area contributed by atoms with Crippen molar-refractivity contribution in [3.8, 4) is 0 Å². The molecule has 124 valence electrons. The lowest BCUT2D eigenvalue weighted by atomic mass is 9.96. The molecule has 1 aliphatic heterocycles. The van der Waals surface area contributed by atoms with Gasteiger partial charge >= 0.3 is 5.97 Å². The second-order valence-corrected chi connectivity index (χ2v) is 5.91. The summed E-state index contributed by atoms with van der Waals surface area (Å²) in [5.41, 5.74) is -0.451. The molecule has 23 heavy (non-hydrogen) atoms. The molecule has 2 rings (SSSR count). The fraction of sp³-hybridized carbons (Fsp3) is 0.471. The van der Waals surface area contributed by atoms with Crippen LogP contribution in [0.3, 0.4) is 0 Å². The number of carbonyl (C=O) groups excluding carboxylic acids is 2. The van der Waals surface area contributed by atoms with Gasteiger partial charge in [-0.25, -0.2) is 0 Å². The third-order valence-corrected chi connectivity index (χ3v) is 4.36. The molecule has 1 aliphatic rings. The first kappa shape index (κ1) is 17.0. The Morgan fingerprint density at radius 1 is 1.26 bits per heavy atom. The molecule has 1 aromatic carbocycles. The van der Waals surface area contributed by atoms with Crippen LogP contribution < -0.4 is 0 Å². The van der Waals surface area contributed by atoms with Crippen LogP contribution in [0.25, 0.3) is 0 Å². The van der Waals surface area contributed by atoms with Gasteiger partial charge in [-0.1, -0.05) is 18.2 Å². The summed E-state index contributed by atoms with van der Waals surface area (Å²) in [6.45, 7) is 3.92. The minimum absolute atomic E-state index is 0.190. The van der Waals surface area contributed by atoms with E-state index in [4.69, 9.17) is 5.11 Å². The fourth-order valence-corrected chi connectivity index (χ4v) is 3.08. The number of carboxylic acids is 1. The van der Waals surface area contributed by atoms with Crippen LogP contribution in [-0.2, 0) is 9.59 Å². The zero-order valence-corrected chi connectivity index (χ0v) is 13.5. The van der Waals surface area contributed by atoms with Crippen molar-refractivity contribution in [2.45, 2.75) is 32.2 Å². The molecule has 0 saturated carbocycles. The van der Waals surface area contributed by atoms with Gasteiger partial charge in [0.15, 0.2) is 0 Å². The van der Waals surface area contributed by atoms with Gasteiger partial charge in [-0.2, -0.15) is 0 Å². The molecule has 6 heteroatoms. The third-order valence-electron chi connectivity index (χ3n) is 4.36. The van der Waals surface area contributed by atoms with Crippen molar-refractivity contribution in [3.63, 3.8) is 0 Å². The lowest BCUT2D eigenvalue weighted by Gasteiger charge is -2.37. The Hall–Kier alpha value is -2.37. The van der Waals surface area contributed by atoms with E-state index < -0.39 is 11.5 Å². The number of aliphatic carboxylic acids is 1. The smallest absolute Gasteiger partial charge is 0.323 e. The van der Waals surface area contributed by atoms with E-state index in [1.165, 1.54) is 4.90 Å². The van der Waals surface area contributed by atoms with Crippen molar-refractivity contribution in [3.05, 3.63) is 35.9 Å². The monoisotopic (exact) mass is 318 g/mol. The van der Waals surface area contributed by atoms with Crippen LogP contribution in [0.15, 0.2) is 30.3 Å². The molecule has 1 unspecified atom stereocenters. The van der Waals surface area contributed by atoms with Crippen LogP contribution in [0.1, 0.15) is 37.0 Å². The van der Waals surface area contributed by atoms with Crippen molar-refractivity contribution in [2.75, 3.05) is 19.6 Å². The maximum atomic E-state index is 12.8. The Balaban J connectivity index is 2.26. The summed E-state index contributed by atoms with van der Waals surface area (Å²) < 4.78 is 0. The normalized spacial score (nSPS) is 20.3. The van der Waals surface area contributed by atoms with Gasteiger partial charge in [0.1, 0.15) is 12.1 Å². The minimum atomic E-state index is -1.05. The molecular weight excluding hydrogens is 296 g/mol. The molecule has 1 aromatic rings. The Bertz CT molecular complexity index is 602. The quantitative estimate of drug-likeness (QED) is 0.895. The molecule has 0 aliphatic carbocycles. The molecule has 0 aromatic heterocycles. The average molecular weight is 318 g/mol. The summed E-state index contributed by atoms with van der Waals surface area (Å²) >= 11 is 0. The van der Waals surface area contributed by atoms with E-state index in [-0.39, 0.29) is 18.4 Å². The van der Waals surface area contributed by atoms with Crippen LogP contribution >= 0.6 is 0 Å². The van der Waals surface area contributed by atoms with Crippen molar-refractivity contribution in [1.82, 2.24) is 9.80 Å². The number of nitrogens with zero attached hydrogens (tertiary/aromatic N) is 2. The van der Waals surface area contributed by atoms with Crippen LogP contribution in [0.4, 0.5) is 0 Å².